The van der Waals surface area contributed by atoms with E-state index in [1.165, 1.54) is 6.42 Å². The van der Waals surface area contributed by atoms with Gasteiger partial charge in [-0.25, -0.2) is 0 Å². The molecule has 1 aromatic rings. The van der Waals surface area contributed by atoms with E-state index in [1.54, 1.807) is 0 Å². The Kier molecular flexibility index (Phi) is 6.60. The predicted molar refractivity (Wildman–Crippen MR) is 89.2 cm³/mol. The van der Waals surface area contributed by atoms with E-state index in [4.69, 9.17) is 4.52 Å². The number of amides is 1. The van der Waals surface area contributed by atoms with Crippen LogP contribution >= 0.6 is 0 Å². The van der Waals surface area contributed by atoms with E-state index in [0.717, 1.165) is 30.7 Å². The highest BCUT2D eigenvalue weighted by atomic mass is 16.5. The van der Waals surface area contributed by atoms with Crippen LogP contribution in [-0.4, -0.2) is 41.1 Å². The molecule has 1 unspecified atom stereocenters. The van der Waals surface area contributed by atoms with Gasteiger partial charge in [-0.3, -0.25) is 9.69 Å². The van der Waals surface area contributed by atoms with Gasteiger partial charge in [-0.1, -0.05) is 25.4 Å². The molecule has 0 bridgehead atoms. The van der Waals surface area contributed by atoms with E-state index < -0.39 is 0 Å². The van der Waals surface area contributed by atoms with Crippen molar-refractivity contribution in [3.05, 3.63) is 17.0 Å². The molecule has 5 nitrogen and oxygen atoms in total. The van der Waals surface area contributed by atoms with Gasteiger partial charge in [0.25, 0.3) is 5.91 Å². The molecule has 1 rings (SSSR count). The molecule has 22 heavy (non-hydrogen) atoms. The second kappa shape index (κ2) is 7.77. The van der Waals surface area contributed by atoms with Crippen LogP contribution in [0.3, 0.4) is 0 Å². The molecule has 0 aromatic carbocycles. The van der Waals surface area contributed by atoms with Gasteiger partial charge in [0.05, 0.1) is 0 Å². The van der Waals surface area contributed by atoms with Crippen molar-refractivity contribution in [2.24, 2.45) is 0 Å². The van der Waals surface area contributed by atoms with Crippen LogP contribution in [0.15, 0.2) is 4.52 Å². The van der Waals surface area contributed by atoms with Gasteiger partial charge < -0.3 is 9.84 Å². The van der Waals surface area contributed by atoms with Crippen molar-refractivity contribution in [3.63, 3.8) is 0 Å². The van der Waals surface area contributed by atoms with Crippen molar-refractivity contribution in [3.8, 4) is 0 Å². The number of nitrogens with zero attached hydrogens (tertiary/aromatic N) is 2. The van der Waals surface area contributed by atoms with Crippen LogP contribution in [0.4, 0.5) is 0 Å². The van der Waals surface area contributed by atoms with E-state index in [1.807, 2.05) is 20.8 Å². The first kappa shape index (κ1) is 18.7. The van der Waals surface area contributed by atoms with Crippen LogP contribution in [0.5, 0.6) is 0 Å². The van der Waals surface area contributed by atoms with Gasteiger partial charge in [-0.05, 0) is 47.7 Å². The Hall–Kier alpha value is -1.36. The van der Waals surface area contributed by atoms with Crippen LogP contribution < -0.4 is 5.32 Å². The van der Waals surface area contributed by atoms with Crippen LogP contribution in [0, 0.1) is 6.92 Å². The Bertz CT molecular complexity index is 494. The summed E-state index contributed by atoms with van der Waals surface area (Å²) in [6, 6.07) is 0.00281. The SMILES string of the molecule is CCCCN(C)C(C)(C)C(C)NC(=O)c1noc(CC)c1C. The molecule has 1 heterocycles. The Morgan fingerprint density at radius 3 is 2.55 bits per heavy atom. The number of likely N-dealkylation sites (N-methyl/N-ethyl adjacent to an activating group) is 1. The summed E-state index contributed by atoms with van der Waals surface area (Å²) in [5, 5.41) is 6.98. The number of rotatable bonds is 8. The van der Waals surface area contributed by atoms with Crippen LogP contribution in [0.1, 0.15) is 69.3 Å². The summed E-state index contributed by atoms with van der Waals surface area (Å²) in [4.78, 5) is 14.7. The summed E-state index contributed by atoms with van der Waals surface area (Å²) in [5.74, 6) is 0.613. The zero-order valence-corrected chi connectivity index (χ0v) is 15.1. The van der Waals surface area contributed by atoms with Gasteiger partial charge in [0.2, 0.25) is 0 Å². The van der Waals surface area contributed by atoms with Gasteiger partial charge in [-0.15, -0.1) is 0 Å². The van der Waals surface area contributed by atoms with Gasteiger partial charge in [-0.2, -0.15) is 0 Å². The normalized spacial score (nSPS) is 13.5. The number of nitrogens with one attached hydrogen (secondary N) is 1. The quantitative estimate of drug-likeness (QED) is 0.801. The fourth-order valence-corrected chi connectivity index (χ4v) is 2.37. The van der Waals surface area contributed by atoms with Crippen molar-refractivity contribution >= 4 is 5.91 Å². The Labute approximate surface area is 134 Å². The summed E-state index contributed by atoms with van der Waals surface area (Å²) >= 11 is 0. The molecular formula is C17H31N3O2. The minimum Gasteiger partial charge on any atom is -0.360 e. The standard InChI is InChI=1S/C17H31N3O2/c1-8-10-11-20(7)17(5,6)13(4)18-16(21)15-12(3)14(9-2)22-19-15/h13H,8-11H2,1-7H3,(H,18,21). The highest BCUT2D eigenvalue weighted by Crippen LogP contribution is 2.19. The zero-order chi connectivity index (χ0) is 16.9. The Morgan fingerprint density at radius 2 is 2.05 bits per heavy atom. The summed E-state index contributed by atoms with van der Waals surface area (Å²) in [7, 11) is 2.11. The summed E-state index contributed by atoms with van der Waals surface area (Å²) in [5.41, 5.74) is 1.11. The fraction of sp³-hybridized carbons (Fsp3) is 0.765. The lowest BCUT2D eigenvalue weighted by Crippen LogP contribution is -2.56. The number of hydrogen-bond donors (Lipinski definition) is 1. The van der Waals surface area contributed by atoms with Crippen LogP contribution in [0.2, 0.25) is 0 Å². The molecule has 0 fully saturated rings. The van der Waals surface area contributed by atoms with Crippen molar-refractivity contribution in [2.75, 3.05) is 13.6 Å². The highest BCUT2D eigenvalue weighted by molar-refractivity contribution is 5.93. The number of aryl methyl sites for hydroxylation is 1. The van der Waals surface area contributed by atoms with Gasteiger partial charge in [0, 0.05) is 23.6 Å². The second-order valence-corrected chi connectivity index (χ2v) is 6.56. The molecule has 5 heteroatoms. The van der Waals surface area contributed by atoms with Crippen molar-refractivity contribution in [1.29, 1.82) is 0 Å². The van der Waals surface area contributed by atoms with Crippen molar-refractivity contribution < 1.29 is 9.32 Å². The minimum absolute atomic E-state index is 0.00281. The fourth-order valence-electron chi connectivity index (χ4n) is 2.37. The van der Waals surface area contributed by atoms with Crippen LogP contribution in [-0.2, 0) is 6.42 Å². The van der Waals surface area contributed by atoms with Gasteiger partial charge >= 0.3 is 0 Å². The number of carbonyl (C=O) groups excluding carboxylic acids is 1. The first-order valence-electron chi connectivity index (χ1n) is 8.22. The lowest BCUT2D eigenvalue weighted by Gasteiger charge is -2.40. The molecule has 0 saturated heterocycles. The number of unbranched alkanes of at least 4 members (excludes halogenated alkanes) is 1. The smallest absolute Gasteiger partial charge is 0.274 e. The van der Waals surface area contributed by atoms with E-state index in [2.05, 4.69) is 43.2 Å². The largest absolute Gasteiger partial charge is 0.360 e. The molecule has 1 atom stereocenters. The van der Waals surface area contributed by atoms with E-state index >= 15 is 0 Å². The Balaban J connectivity index is 2.75. The number of carbonyl (C=O) groups is 1. The molecule has 0 radical (unpaired) electrons. The molecule has 1 aromatic heterocycles. The first-order chi connectivity index (χ1) is 10.3. The molecule has 1 amide bonds. The average molecular weight is 309 g/mol. The minimum atomic E-state index is -0.162. The molecule has 0 aliphatic carbocycles. The molecule has 1 N–H and O–H groups in total. The zero-order valence-electron chi connectivity index (χ0n) is 15.1. The lowest BCUT2D eigenvalue weighted by atomic mass is 9.93. The second-order valence-electron chi connectivity index (χ2n) is 6.56. The lowest BCUT2D eigenvalue weighted by molar-refractivity contribution is 0.0802. The summed E-state index contributed by atoms with van der Waals surface area (Å²) in [6.07, 6.45) is 3.06. The Morgan fingerprint density at radius 1 is 1.41 bits per heavy atom. The maximum Gasteiger partial charge on any atom is 0.274 e. The van der Waals surface area contributed by atoms with Gasteiger partial charge in [0.15, 0.2) is 5.69 Å². The number of aromatic nitrogens is 1. The average Bonchev–Trinajstić information content (AvgIpc) is 2.85. The van der Waals surface area contributed by atoms with E-state index in [0.29, 0.717) is 5.69 Å². The first-order valence-corrected chi connectivity index (χ1v) is 8.22. The monoisotopic (exact) mass is 309 g/mol. The summed E-state index contributed by atoms with van der Waals surface area (Å²) < 4.78 is 5.21. The van der Waals surface area contributed by atoms with Crippen molar-refractivity contribution in [2.45, 2.75) is 72.4 Å². The molecule has 126 valence electrons. The summed E-state index contributed by atoms with van der Waals surface area (Å²) in [6.45, 7) is 13.4. The molecule has 0 spiro atoms. The van der Waals surface area contributed by atoms with Gasteiger partial charge in [0.1, 0.15) is 5.76 Å². The van der Waals surface area contributed by atoms with Crippen LogP contribution in [0.25, 0.3) is 0 Å². The molecular weight excluding hydrogens is 278 g/mol. The number of hydrogen-bond acceptors (Lipinski definition) is 4. The third kappa shape index (κ3) is 4.09. The third-order valence-corrected chi connectivity index (χ3v) is 4.79. The maximum atomic E-state index is 12.4. The maximum absolute atomic E-state index is 12.4. The third-order valence-electron chi connectivity index (χ3n) is 4.79. The van der Waals surface area contributed by atoms with E-state index in [-0.39, 0.29) is 17.5 Å². The highest BCUT2D eigenvalue weighted by Gasteiger charge is 2.32. The molecule has 0 aliphatic rings. The topological polar surface area (TPSA) is 58.4 Å². The van der Waals surface area contributed by atoms with Crippen molar-refractivity contribution in [1.82, 2.24) is 15.4 Å². The molecule has 0 aliphatic heterocycles. The molecule has 0 saturated carbocycles. The van der Waals surface area contributed by atoms with E-state index in [9.17, 15) is 4.79 Å². The predicted octanol–water partition coefficient (Wildman–Crippen LogP) is 3.17.